The highest BCUT2D eigenvalue weighted by Gasteiger charge is 2.46. The first kappa shape index (κ1) is 21.1. The van der Waals surface area contributed by atoms with Crippen molar-refractivity contribution in [3.05, 3.63) is 69.5 Å². The lowest BCUT2D eigenvalue weighted by Crippen LogP contribution is -2.52. The summed E-state index contributed by atoms with van der Waals surface area (Å²) >= 11 is 12.0. The molecule has 2 aromatic carbocycles. The number of ether oxygens (including phenoxy) is 1. The quantitative estimate of drug-likeness (QED) is 0.668. The molecule has 2 aliphatic rings. The zero-order valence-electron chi connectivity index (χ0n) is 15.9. The summed E-state index contributed by atoms with van der Waals surface area (Å²) < 4.78 is 20.3. The Balaban J connectivity index is 1.81. The Hall–Kier alpha value is -2.15. The number of morpholine rings is 1. The zero-order valence-corrected chi connectivity index (χ0v) is 17.4. The standard InChI is InChI=1S/C22H20Cl2FNO4/c23-15-3-1-2-14(8-15)21-20(13-6-7-16(24)17(25)9-13)26(11-12-4-5-12)22(29)18(30-21)10-19(27)28/h1-3,6-9,12,18,20-21H,4-5,10-11H2,(H,27,28)/t18-,20-,21-/m1/s1. The van der Waals surface area contributed by atoms with Gasteiger partial charge in [0, 0.05) is 11.6 Å². The predicted molar refractivity (Wildman–Crippen MR) is 110 cm³/mol. The summed E-state index contributed by atoms with van der Waals surface area (Å²) in [4.78, 5) is 26.2. The largest absolute Gasteiger partial charge is 0.481 e. The Kier molecular flexibility index (Phi) is 6.00. The number of rotatable bonds is 6. The Morgan fingerprint density at radius 3 is 2.57 bits per heavy atom. The van der Waals surface area contributed by atoms with Crippen LogP contribution in [0.4, 0.5) is 4.39 Å². The third kappa shape index (κ3) is 4.46. The summed E-state index contributed by atoms with van der Waals surface area (Å²) in [5, 5.41) is 9.75. The summed E-state index contributed by atoms with van der Waals surface area (Å²) in [6, 6.07) is 10.8. The van der Waals surface area contributed by atoms with Crippen LogP contribution in [0.2, 0.25) is 10.0 Å². The second-order valence-electron chi connectivity index (χ2n) is 7.75. The van der Waals surface area contributed by atoms with E-state index in [9.17, 15) is 19.1 Å². The van der Waals surface area contributed by atoms with E-state index in [-0.39, 0.29) is 5.02 Å². The molecule has 1 N–H and O–H groups in total. The number of nitrogens with zero attached hydrogens (tertiary/aromatic N) is 1. The summed E-state index contributed by atoms with van der Waals surface area (Å²) in [6.45, 7) is 0.463. The summed E-state index contributed by atoms with van der Waals surface area (Å²) in [7, 11) is 0. The number of hydrogen-bond acceptors (Lipinski definition) is 3. The first-order chi connectivity index (χ1) is 14.3. The fourth-order valence-electron chi connectivity index (χ4n) is 3.87. The Morgan fingerprint density at radius 2 is 1.93 bits per heavy atom. The van der Waals surface area contributed by atoms with E-state index in [2.05, 4.69) is 0 Å². The van der Waals surface area contributed by atoms with Crippen molar-refractivity contribution < 1.29 is 23.8 Å². The van der Waals surface area contributed by atoms with E-state index in [1.807, 2.05) is 0 Å². The van der Waals surface area contributed by atoms with Crippen molar-refractivity contribution in [1.82, 2.24) is 4.90 Å². The molecule has 1 aliphatic heterocycles. The Morgan fingerprint density at radius 1 is 1.17 bits per heavy atom. The third-order valence-corrected chi connectivity index (χ3v) is 6.01. The van der Waals surface area contributed by atoms with Crippen LogP contribution in [-0.4, -0.2) is 34.5 Å². The predicted octanol–water partition coefficient (Wildman–Crippen LogP) is 5.03. The molecule has 5 nitrogen and oxygen atoms in total. The summed E-state index contributed by atoms with van der Waals surface area (Å²) in [5.41, 5.74) is 1.22. The SMILES string of the molecule is O=C(O)C[C@H]1O[C@H](c2cccc(Cl)c2)[C@@H](c2ccc(Cl)c(F)c2)N(CC2CC2)C1=O. The van der Waals surface area contributed by atoms with Crippen LogP contribution in [0.15, 0.2) is 42.5 Å². The van der Waals surface area contributed by atoms with Crippen LogP contribution in [0.25, 0.3) is 0 Å². The number of hydrogen-bond donors (Lipinski definition) is 1. The minimum atomic E-state index is -1.13. The normalized spacial score (nSPS) is 24.2. The fraction of sp³-hybridized carbons (Fsp3) is 0.364. The number of carboxylic acids is 1. The first-order valence-electron chi connectivity index (χ1n) is 9.71. The van der Waals surface area contributed by atoms with Crippen molar-refractivity contribution in [2.45, 2.75) is 37.5 Å². The van der Waals surface area contributed by atoms with Gasteiger partial charge in [0.15, 0.2) is 0 Å². The highest BCUT2D eigenvalue weighted by molar-refractivity contribution is 6.31. The minimum Gasteiger partial charge on any atom is -0.481 e. The molecule has 158 valence electrons. The second kappa shape index (κ2) is 8.53. The smallest absolute Gasteiger partial charge is 0.306 e. The van der Waals surface area contributed by atoms with Crippen LogP contribution in [-0.2, 0) is 14.3 Å². The molecular weight excluding hydrogens is 432 g/mol. The molecule has 0 aromatic heterocycles. The van der Waals surface area contributed by atoms with Crippen LogP contribution >= 0.6 is 23.2 Å². The molecule has 1 saturated heterocycles. The molecular formula is C22H20Cl2FNO4. The van der Waals surface area contributed by atoms with Crippen molar-refractivity contribution in [1.29, 1.82) is 0 Å². The van der Waals surface area contributed by atoms with Gasteiger partial charge in [-0.25, -0.2) is 4.39 Å². The van der Waals surface area contributed by atoms with Gasteiger partial charge >= 0.3 is 5.97 Å². The molecule has 8 heteroatoms. The van der Waals surface area contributed by atoms with E-state index in [0.717, 1.165) is 12.8 Å². The number of benzene rings is 2. The van der Waals surface area contributed by atoms with Gasteiger partial charge in [-0.05, 0) is 54.2 Å². The highest BCUT2D eigenvalue weighted by Crippen LogP contribution is 2.45. The van der Waals surface area contributed by atoms with Gasteiger partial charge in [0.25, 0.3) is 5.91 Å². The lowest BCUT2D eigenvalue weighted by atomic mass is 9.91. The van der Waals surface area contributed by atoms with E-state index >= 15 is 0 Å². The summed E-state index contributed by atoms with van der Waals surface area (Å²) in [5.74, 6) is -1.77. The molecule has 4 rings (SSSR count). The molecule has 1 heterocycles. The lowest BCUT2D eigenvalue weighted by Gasteiger charge is -2.45. The first-order valence-corrected chi connectivity index (χ1v) is 10.5. The number of carbonyl (C=O) groups excluding carboxylic acids is 1. The maximum Gasteiger partial charge on any atom is 0.306 e. The average molecular weight is 452 g/mol. The molecule has 1 amide bonds. The maximum absolute atomic E-state index is 14.3. The monoisotopic (exact) mass is 451 g/mol. The molecule has 2 aromatic rings. The van der Waals surface area contributed by atoms with Crippen LogP contribution < -0.4 is 0 Å². The number of aliphatic carboxylic acids is 1. The minimum absolute atomic E-state index is 0.0152. The van der Waals surface area contributed by atoms with Crippen molar-refractivity contribution in [2.24, 2.45) is 5.92 Å². The van der Waals surface area contributed by atoms with Crippen molar-refractivity contribution in [3.63, 3.8) is 0 Å². The average Bonchev–Trinajstić information content (AvgIpc) is 3.51. The van der Waals surface area contributed by atoms with Gasteiger partial charge < -0.3 is 14.7 Å². The second-order valence-corrected chi connectivity index (χ2v) is 8.59. The van der Waals surface area contributed by atoms with Crippen LogP contribution in [0, 0.1) is 11.7 Å². The van der Waals surface area contributed by atoms with Gasteiger partial charge in [-0.3, -0.25) is 9.59 Å². The molecule has 0 spiro atoms. The van der Waals surface area contributed by atoms with Crippen LogP contribution in [0.5, 0.6) is 0 Å². The Bertz CT molecular complexity index is 981. The van der Waals surface area contributed by atoms with Gasteiger partial charge in [0.2, 0.25) is 0 Å². The molecule has 1 saturated carbocycles. The van der Waals surface area contributed by atoms with E-state index in [1.165, 1.54) is 12.1 Å². The molecule has 30 heavy (non-hydrogen) atoms. The third-order valence-electron chi connectivity index (χ3n) is 5.47. The molecule has 0 unspecified atom stereocenters. The van der Waals surface area contributed by atoms with Gasteiger partial charge in [-0.2, -0.15) is 0 Å². The van der Waals surface area contributed by atoms with E-state index in [0.29, 0.717) is 28.6 Å². The summed E-state index contributed by atoms with van der Waals surface area (Å²) in [6.07, 6.45) is -0.280. The van der Waals surface area contributed by atoms with Crippen LogP contribution in [0.1, 0.15) is 42.5 Å². The number of halogens is 3. The molecule has 0 bridgehead atoms. The van der Waals surface area contributed by atoms with Gasteiger partial charge in [0.1, 0.15) is 18.0 Å². The highest BCUT2D eigenvalue weighted by atomic mass is 35.5. The number of carboxylic acid groups (broad SMARTS) is 1. The van der Waals surface area contributed by atoms with Gasteiger partial charge in [-0.1, -0.05) is 41.4 Å². The maximum atomic E-state index is 14.3. The van der Waals surface area contributed by atoms with E-state index in [1.54, 1.807) is 35.2 Å². The lowest BCUT2D eigenvalue weighted by molar-refractivity contribution is -0.179. The fourth-order valence-corrected chi connectivity index (χ4v) is 4.18. The van der Waals surface area contributed by atoms with Crippen molar-refractivity contribution >= 4 is 35.1 Å². The van der Waals surface area contributed by atoms with Gasteiger partial charge in [0.05, 0.1) is 17.5 Å². The molecule has 3 atom stereocenters. The van der Waals surface area contributed by atoms with Crippen molar-refractivity contribution in [2.75, 3.05) is 6.54 Å². The Labute approximate surface area is 183 Å². The van der Waals surface area contributed by atoms with Crippen molar-refractivity contribution in [3.8, 4) is 0 Å². The number of amides is 1. The zero-order chi connectivity index (χ0) is 21.4. The molecule has 2 fully saturated rings. The van der Waals surface area contributed by atoms with Gasteiger partial charge in [-0.15, -0.1) is 0 Å². The molecule has 0 radical (unpaired) electrons. The molecule has 1 aliphatic carbocycles. The topological polar surface area (TPSA) is 66.8 Å². The van der Waals surface area contributed by atoms with E-state index < -0.39 is 42.4 Å². The number of carbonyl (C=O) groups is 2. The van der Waals surface area contributed by atoms with Crippen LogP contribution in [0.3, 0.4) is 0 Å². The van der Waals surface area contributed by atoms with E-state index in [4.69, 9.17) is 27.9 Å².